The molecule has 0 fully saturated rings. The topological polar surface area (TPSA) is 54.9 Å². The number of rotatable bonds is 7. The molecule has 2 aromatic rings. The van der Waals surface area contributed by atoms with Crippen molar-refractivity contribution in [1.82, 2.24) is 5.32 Å². The Morgan fingerprint density at radius 1 is 1.04 bits per heavy atom. The summed E-state index contributed by atoms with van der Waals surface area (Å²) in [6.45, 7) is 5.98. The Morgan fingerprint density at radius 3 is 2.44 bits per heavy atom. The summed E-state index contributed by atoms with van der Waals surface area (Å²) in [6, 6.07) is 15.9. The zero-order valence-corrected chi connectivity index (χ0v) is 17.2. The van der Waals surface area contributed by atoms with Gasteiger partial charge in [0.15, 0.2) is 17.5 Å². The van der Waals surface area contributed by atoms with Crippen LogP contribution >= 0.6 is 24.0 Å². The highest BCUT2D eigenvalue weighted by Gasteiger charge is 2.07. The molecule has 0 radical (unpaired) electrons. The number of nitrogens with one attached hydrogen (secondary N) is 2. The normalized spacial score (nSPS) is 10.6. The quantitative estimate of drug-likeness (QED) is 0.372. The monoisotopic (exact) mass is 455 g/mol. The number of benzene rings is 2. The third-order valence-electron chi connectivity index (χ3n) is 3.33. The van der Waals surface area contributed by atoms with E-state index in [2.05, 4.69) is 27.8 Å². The zero-order chi connectivity index (χ0) is 17.2. The van der Waals surface area contributed by atoms with Crippen molar-refractivity contribution in [2.75, 3.05) is 25.6 Å². The van der Waals surface area contributed by atoms with Gasteiger partial charge in [0.25, 0.3) is 0 Å². The molecule has 0 saturated heterocycles. The third kappa shape index (κ3) is 6.81. The molecule has 2 aromatic carbocycles. The summed E-state index contributed by atoms with van der Waals surface area (Å²) in [7, 11) is 1.64. The van der Waals surface area contributed by atoms with Crippen LogP contribution in [0.1, 0.15) is 19.4 Å². The first-order valence-electron chi connectivity index (χ1n) is 8.17. The highest BCUT2D eigenvalue weighted by atomic mass is 127. The minimum absolute atomic E-state index is 0. The van der Waals surface area contributed by atoms with E-state index in [0.717, 1.165) is 18.2 Å². The molecular weight excluding hydrogens is 429 g/mol. The zero-order valence-electron chi connectivity index (χ0n) is 14.9. The lowest BCUT2D eigenvalue weighted by atomic mass is 10.2. The molecule has 0 aromatic heterocycles. The Balaban J connectivity index is 0.00000312. The summed E-state index contributed by atoms with van der Waals surface area (Å²) >= 11 is 0. The third-order valence-corrected chi connectivity index (χ3v) is 3.33. The van der Waals surface area contributed by atoms with Crippen molar-refractivity contribution >= 4 is 35.6 Å². The lowest BCUT2D eigenvalue weighted by molar-refractivity contribution is 0.311. The summed E-state index contributed by atoms with van der Waals surface area (Å²) < 4.78 is 10.9. The maximum absolute atomic E-state index is 5.61. The number of anilines is 1. The number of nitrogens with zero attached hydrogens (tertiary/aromatic N) is 1. The van der Waals surface area contributed by atoms with E-state index >= 15 is 0 Å². The van der Waals surface area contributed by atoms with Crippen LogP contribution in [0, 0.1) is 0 Å². The Hall–Kier alpha value is -1.96. The van der Waals surface area contributed by atoms with Gasteiger partial charge in [-0.2, -0.15) is 0 Å². The lowest BCUT2D eigenvalue weighted by Gasteiger charge is -2.14. The van der Waals surface area contributed by atoms with E-state index in [1.807, 2.05) is 50.2 Å². The fourth-order valence-corrected chi connectivity index (χ4v) is 2.22. The number of guanidine groups is 1. The molecule has 0 spiro atoms. The van der Waals surface area contributed by atoms with E-state index in [9.17, 15) is 0 Å². The molecule has 2 N–H and O–H groups in total. The van der Waals surface area contributed by atoms with Crippen molar-refractivity contribution in [2.24, 2.45) is 4.99 Å². The number of methoxy groups -OCH3 is 1. The highest BCUT2D eigenvalue weighted by Crippen LogP contribution is 2.30. The molecule has 0 saturated carbocycles. The van der Waals surface area contributed by atoms with Gasteiger partial charge in [0.2, 0.25) is 0 Å². The van der Waals surface area contributed by atoms with E-state index in [1.54, 1.807) is 7.11 Å². The second-order valence-corrected chi connectivity index (χ2v) is 5.10. The fourth-order valence-electron chi connectivity index (χ4n) is 2.22. The van der Waals surface area contributed by atoms with Crippen LogP contribution in [-0.4, -0.2) is 26.2 Å². The van der Waals surface area contributed by atoms with E-state index in [-0.39, 0.29) is 24.0 Å². The van der Waals surface area contributed by atoms with Crippen LogP contribution in [0.2, 0.25) is 0 Å². The number of ether oxygens (including phenoxy) is 2. The van der Waals surface area contributed by atoms with E-state index in [4.69, 9.17) is 9.47 Å². The van der Waals surface area contributed by atoms with E-state index in [0.29, 0.717) is 24.7 Å². The fraction of sp³-hybridized carbons (Fsp3) is 0.316. The predicted octanol–water partition coefficient (Wildman–Crippen LogP) is 4.29. The molecular formula is C19H26IN3O2. The van der Waals surface area contributed by atoms with Crippen molar-refractivity contribution in [3.8, 4) is 11.5 Å². The Bertz CT molecular complexity index is 663. The van der Waals surface area contributed by atoms with Crippen LogP contribution in [-0.2, 0) is 6.54 Å². The van der Waals surface area contributed by atoms with Crippen LogP contribution in [0.5, 0.6) is 11.5 Å². The molecule has 0 aliphatic carbocycles. The first-order valence-corrected chi connectivity index (χ1v) is 8.17. The van der Waals surface area contributed by atoms with Crippen molar-refractivity contribution in [1.29, 1.82) is 0 Å². The summed E-state index contributed by atoms with van der Waals surface area (Å²) in [6.07, 6.45) is 0. The summed E-state index contributed by atoms with van der Waals surface area (Å²) in [5.41, 5.74) is 2.06. The number of halogens is 1. The van der Waals surface area contributed by atoms with Crippen LogP contribution < -0.4 is 20.1 Å². The lowest BCUT2D eigenvalue weighted by Crippen LogP contribution is -2.30. The molecule has 136 valence electrons. The molecule has 0 amide bonds. The van der Waals surface area contributed by atoms with Crippen LogP contribution in [0.3, 0.4) is 0 Å². The van der Waals surface area contributed by atoms with Gasteiger partial charge >= 0.3 is 0 Å². The highest BCUT2D eigenvalue weighted by molar-refractivity contribution is 14.0. The van der Waals surface area contributed by atoms with Gasteiger partial charge in [-0.25, -0.2) is 4.99 Å². The molecule has 0 aliphatic heterocycles. The van der Waals surface area contributed by atoms with Gasteiger partial charge in [0.05, 0.1) is 20.3 Å². The van der Waals surface area contributed by atoms with Crippen LogP contribution in [0.15, 0.2) is 53.5 Å². The van der Waals surface area contributed by atoms with Crippen molar-refractivity contribution in [2.45, 2.75) is 20.4 Å². The molecule has 25 heavy (non-hydrogen) atoms. The first kappa shape index (κ1) is 21.1. The minimum atomic E-state index is 0. The molecule has 0 aliphatic rings. The summed E-state index contributed by atoms with van der Waals surface area (Å²) in [5, 5.41) is 6.55. The first-order chi connectivity index (χ1) is 11.8. The van der Waals surface area contributed by atoms with Gasteiger partial charge in [-0.3, -0.25) is 0 Å². The molecule has 0 atom stereocenters. The van der Waals surface area contributed by atoms with Crippen molar-refractivity contribution in [3.63, 3.8) is 0 Å². The average Bonchev–Trinajstić information content (AvgIpc) is 2.61. The predicted molar refractivity (Wildman–Crippen MR) is 114 cm³/mol. The minimum Gasteiger partial charge on any atom is -0.493 e. The maximum Gasteiger partial charge on any atom is 0.196 e. The number of hydrogen-bond donors (Lipinski definition) is 2. The molecule has 0 heterocycles. The van der Waals surface area contributed by atoms with E-state index in [1.165, 1.54) is 5.56 Å². The van der Waals surface area contributed by atoms with Gasteiger partial charge in [-0.15, -0.1) is 24.0 Å². The van der Waals surface area contributed by atoms with Gasteiger partial charge < -0.3 is 20.1 Å². The summed E-state index contributed by atoms with van der Waals surface area (Å²) in [5.74, 6) is 2.16. The van der Waals surface area contributed by atoms with Crippen LogP contribution in [0.4, 0.5) is 5.69 Å². The SMILES string of the molecule is CCNC(=NCc1ccccc1)Nc1ccc(OC)c(OCC)c1.I. The van der Waals surface area contributed by atoms with Crippen molar-refractivity contribution < 1.29 is 9.47 Å². The second kappa shape index (κ2) is 11.6. The van der Waals surface area contributed by atoms with Crippen LogP contribution in [0.25, 0.3) is 0 Å². The Kier molecular flexibility index (Phi) is 9.76. The molecule has 6 heteroatoms. The van der Waals surface area contributed by atoms with Crippen molar-refractivity contribution in [3.05, 3.63) is 54.1 Å². The van der Waals surface area contributed by atoms with E-state index < -0.39 is 0 Å². The smallest absolute Gasteiger partial charge is 0.196 e. The number of aliphatic imine (C=N–C) groups is 1. The second-order valence-electron chi connectivity index (χ2n) is 5.10. The Labute approximate surface area is 166 Å². The standard InChI is InChI=1S/C19H25N3O2.HI/c1-4-20-19(21-14-15-9-7-6-8-10-15)22-16-11-12-17(23-3)18(13-16)24-5-2;/h6-13H,4-5,14H2,1-3H3,(H2,20,21,22);1H. The molecule has 5 nitrogen and oxygen atoms in total. The van der Waals surface area contributed by atoms with Gasteiger partial charge in [-0.05, 0) is 31.5 Å². The van der Waals surface area contributed by atoms with Gasteiger partial charge in [0.1, 0.15) is 0 Å². The maximum atomic E-state index is 5.61. The Morgan fingerprint density at radius 2 is 1.80 bits per heavy atom. The molecule has 2 rings (SSSR count). The van der Waals surface area contributed by atoms with Gasteiger partial charge in [-0.1, -0.05) is 30.3 Å². The molecule has 0 unspecified atom stereocenters. The number of hydrogen-bond acceptors (Lipinski definition) is 3. The average molecular weight is 455 g/mol. The molecule has 0 bridgehead atoms. The largest absolute Gasteiger partial charge is 0.493 e. The van der Waals surface area contributed by atoms with Gasteiger partial charge in [0, 0.05) is 18.3 Å². The summed E-state index contributed by atoms with van der Waals surface area (Å²) in [4.78, 5) is 4.62.